The van der Waals surface area contributed by atoms with Gasteiger partial charge in [-0.2, -0.15) is 11.3 Å². The van der Waals surface area contributed by atoms with Gasteiger partial charge < -0.3 is 33.5 Å². The molecule has 41 heavy (non-hydrogen) atoms. The van der Waals surface area contributed by atoms with Crippen molar-refractivity contribution >= 4 is 34.0 Å². The summed E-state index contributed by atoms with van der Waals surface area (Å²) in [7, 11) is 3.28. The molecule has 9 nitrogen and oxygen atoms in total. The largest absolute Gasteiger partial charge is 0.496 e. The molecule has 4 aromatic rings. The Morgan fingerprint density at radius 1 is 1.07 bits per heavy atom. The van der Waals surface area contributed by atoms with Gasteiger partial charge in [0.25, 0.3) is 0 Å². The Hall–Kier alpha value is -4.02. The van der Waals surface area contributed by atoms with Gasteiger partial charge in [0, 0.05) is 30.6 Å². The van der Waals surface area contributed by atoms with Crippen LogP contribution in [0.4, 0.5) is 5.82 Å². The molecule has 1 unspecified atom stereocenters. The van der Waals surface area contributed by atoms with Crippen LogP contribution in [0.3, 0.4) is 0 Å². The number of hydrogen-bond donors (Lipinski definition) is 0. The van der Waals surface area contributed by atoms with Crippen molar-refractivity contribution in [3.8, 4) is 23.0 Å². The second-order valence-corrected chi connectivity index (χ2v) is 10.8. The molecule has 4 heterocycles. The van der Waals surface area contributed by atoms with E-state index in [-0.39, 0.29) is 12.0 Å². The Morgan fingerprint density at radius 2 is 1.85 bits per heavy atom. The first-order chi connectivity index (χ1) is 20.1. The quantitative estimate of drug-likeness (QED) is 0.287. The number of carbonyl (C=O) groups excluding carboxylic acids is 1. The highest BCUT2D eigenvalue weighted by atomic mass is 32.1. The van der Waals surface area contributed by atoms with Crippen LogP contribution in [0.15, 0.2) is 59.3 Å². The van der Waals surface area contributed by atoms with Crippen molar-refractivity contribution in [2.75, 3.05) is 58.6 Å². The fourth-order valence-corrected chi connectivity index (χ4v) is 5.96. The molecule has 0 radical (unpaired) electrons. The molecule has 0 bridgehead atoms. The summed E-state index contributed by atoms with van der Waals surface area (Å²) in [5, 5.41) is 4.83. The van der Waals surface area contributed by atoms with Crippen LogP contribution in [-0.4, -0.2) is 75.6 Å². The number of thiophene rings is 1. The van der Waals surface area contributed by atoms with Crippen LogP contribution >= 0.6 is 11.3 Å². The third-order valence-electron chi connectivity index (χ3n) is 7.35. The van der Waals surface area contributed by atoms with E-state index < -0.39 is 0 Å². The highest BCUT2D eigenvalue weighted by molar-refractivity contribution is 7.08. The molecule has 2 aliphatic heterocycles. The van der Waals surface area contributed by atoms with E-state index in [4.69, 9.17) is 28.7 Å². The molecule has 1 fully saturated rings. The fraction of sp³-hybridized carbons (Fsp3) is 0.355. The van der Waals surface area contributed by atoms with Crippen molar-refractivity contribution in [3.63, 3.8) is 0 Å². The van der Waals surface area contributed by atoms with Crippen molar-refractivity contribution in [2.45, 2.75) is 19.1 Å². The van der Waals surface area contributed by atoms with Crippen LogP contribution in [-0.2, 0) is 22.5 Å². The summed E-state index contributed by atoms with van der Waals surface area (Å²) in [5.74, 6) is 3.59. The summed E-state index contributed by atoms with van der Waals surface area (Å²) in [6, 6.07) is 15.4. The lowest BCUT2D eigenvalue weighted by Gasteiger charge is -2.34. The number of para-hydroxylation sites is 2. The molecule has 1 amide bonds. The fourth-order valence-electron chi connectivity index (χ4n) is 5.29. The number of pyridine rings is 1. The predicted molar refractivity (Wildman–Crippen MR) is 158 cm³/mol. The molecule has 0 spiro atoms. The number of hydrogen-bond acceptors (Lipinski definition) is 9. The molecule has 2 aromatic heterocycles. The van der Waals surface area contributed by atoms with Gasteiger partial charge in [-0.05, 0) is 52.7 Å². The molecule has 2 aromatic carbocycles. The van der Waals surface area contributed by atoms with Crippen molar-refractivity contribution in [3.05, 3.63) is 70.4 Å². The maximum atomic E-state index is 13.8. The molecular formula is C31H33N3O6S. The maximum Gasteiger partial charge on any atom is 0.227 e. The average Bonchev–Trinajstić information content (AvgIpc) is 3.53. The van der Waals surface area contributed by atoms with E-state index >= 15 is 0 Å². The molecule has 10 heteroatoms. The summed E-state index contributed by atoms with van der Waals surface area (Å²) >= 11 is 1.59. The number of amides is 1. The second kappa shape index (κ2) is 12.2. The first-order valence-corrected chi connectivity index (χ1v) is 14.6. The summed E-state index contributed by atoms with van der Waals surface area (Å²) in [4.78, 5) is 23.0. The number of anilines is 1. The van der Waals surface area contributed by atoms with E-state index in [1.807, 2.05) is 58.1 Å². The lowest BCUT2D eigenvalue weighted by molar-refractivity contribution is -0.132. The Bertz CT molecular complexity index is 1510. The van der Waals surface area contributed by atoms with Gasteiger partial charge in [0.2, 0.25) is 5.91 Å². The number of methoxy groups -OCH3 is 2. The summed E-state index contributed by atoms with van der Waals surface area (Å²) in [6.07, 6.45) is -0.00943. The van der Waals surface area contributed by atoms with Crippen LogP contribution in [0.5, 0.6) is 23.0 Å². The van der Waals surface area contributed by atoms with Crippen LogP contribution in [0.2, 0.25) is 0 Å². The van der Waals surface area contributed by atoms with Crippen LogP contribution in [0, 0.1) is 0 Å². The number of nitrogens with zero attached hydrogens (tertiary/aromatic N) is 3. The predicted octanol–water partition coefficient (Wildman–Crippen LogP) is 4.56. The molecule has 214 valence electrons. The summed E-state index contributed by atoms with van der Waals surface area (Å²) in [6.45, 7) is 3.71. The number of carbonyl (C=O) groups is 1. The topological polar surface area (TPSA) is 82.6 Å². The first kappa shape index (κ1) is 27.2. The minimum atomic E-state index is -0.314. The average molecular weight is 576 g/mol. The van der Waals surface area contributed by atoms with Crippen LogP contribution in [0.25, 0.3) is 10.9 Å². The first-order valence-electron chi connectivity index (χ1n) is 13.7. The normalized spacial score (nSPS) is 16.4. The zero-order valence-corrected chi connectivity index (χ0v) is 24.0. The minimum Gasteiger partial charge on any atom is -0.496 e. The van der Waals surface area contributed by atoms with E-state index in [0.717, 1.165) is 22.3 Å². The van der Waals surface area contributed by atoms with Crippen LogP contribution in [0.1, 0.15) is 11.1 Å². The third-order valence-corrected chi connectivity index (χ3v) is 8.09. The van der Waals surface area contributed by atoms with Gasteiger partial charge in [-0.15, -0.1) is 0 Å². The minimum absolute atomic E-state index is 0.0106. The number of morpholine rings is 1. The summed E-state index contributed by atoms with van der Waals surface area (Å²) < 4.78 is 29.2. The third kappa shape index (κ3) is 5.89. The molecule has 0 aliphatic carbocycles. The highest BCUT2D eigenvalue weighted by Gasteiger charge is 2.28. The van der Waals surface area contributed by atoms with Gasteiger partial charge in [0.1, 0.15) is 29.4 Å². The monoisotopic (exact) mass is 575 g/mol. The lowest BCUT2D eigenvalue weighted by Crippen LogP contribution is -2.44. The number of aromatic nitrogens is 1. The smallest absolute Gasteiger partial charge is 0.227 e. The number of benzene rings is 2. The summed E-state index contributed by atoms with van der Waals surface area (Å²) in [5.41, 5.74) is 2.63. The molecule has 0 saturated carbocycles. The Balaban J connectivity index is 1.38. The Kier molecular flexibility index (Phi) is 8.11. The van der Waals surface area contributed by atoms with Gasteiger partial charge in [0.15, 0.2) is 17.6 Å². The molecule has 2 aliphatic rings. The molecule has 1 saturated heterocycles. The van der Waals surface area contributed by atoms with Gasteiger partial charge >= 0.3 is 0 Å². The molecule has 0 N–H and O–H groups in total. The second-order valence-electron chi connectivity index (χ2n) is 10.0. The van der Waals surface area contributed by atoms with Gasteiger partial charge in [0.05, 0.1) is 40.4 Å². The lowest BCUT2D eigenvalue weighted by atomic mass is 10.1. The number of fused-ring (bicyclic) bond motifs is 2. The van der Waals surface area contributed by atoms with Crippen molar-refractivity contribution in [1.82, 2.24) is 9.88 Å². The van der Waals surface area contributed by atoms with Gasteiger partial charge in [-0.1, -0.05) is 12.1 Å². The van der Waals surface area contributed by atoms with Gasteiger partial charge in [-0.25, -0.2) is 4.98 Å². The van der Waals surface area contributed by atoms with Crippen molar-refractivity contribution in [2.24, 2.45) is 0 Å². The van der Waals surface area contributed by atoms with E-state index in [1.165, 1.54) is 0 Å². The molecule has 6 rings (SSSR count). The van der Waals surface area contributed by atoms with E-state index in [9.17, 15) is 4.79 Å². The van der Waals surface area contributed by atoms with Crippen molar-refractivity contribution in [1.29, 1.82) is 0 Å². The zero-order chi connectivity index (χ0) is 28.2. The number of ether oxygens (including phenoxy) is 5. The Labute approximate surface area is 243 Å². The Morgan fingerprint density at radius 3 is 2.61 bits per heavy atom. The maximum absolute atomic E-state index is 13.8. The zero-order valence-electron chi connectivity index (χ0n) is 23.2. The highest BCUT2D eigenvalue weighted by Crippen LogP contribution is 2.36. The van der Waals surface area contributed by atoms with E-state index in [2.05, 4.69) is 11.0 Å². The van der Waals surface area contributed by atoms with Gasteiger partial charge in [-0.3, -0.25) is 4.79 Å². The van der Waals surface area contributed by atoms with E-state index in [1.54, 1.807) is 25.6 Å². The van der Waals surface area contributed by atoms with E-state index in [0.29, 0.717) is 80.9 Å². The standard InChI is InChI=1S/C31H33N3O6S/c1-36-25-7-8-28(37-2)30-24(25)16-22(31(32-30)33-10-12-38-13-11-33)17-34(29(35)15-21-9-14-41-20-21)18-23-19-39-26-5-3-4-6-27(26)40-23/h3-9,14,16,20,23H,10-13,15,17-19H2,1-2H3. The number of rotatable bonds is 9. The SMILES string of the molecule is COc1ccc(OC)c2nc(N3CCOCC3)c(CN(CC3COc4ccccc4O3)C(=O)Cc3ccsc3)cc12. The molecule has 1 atom stereocenters. The van der Waals surface area contributed by atoms with Crippen LogP contribution < -0.4 is 23.8 Å². The van der Waals surface area contributed by atoms with Crippen molar-refractivity contribution < 1.29 is 28.5 Å². The molecular weight excluding hydrogens is 542 g/mol.